The number of aliphatic hydroxyl groups excluding tert-OH is 1. The molecule has 22 atom stereocenters. The van der Waals surface area contributed by atoms with Crippen LogP contribution in [0.5, 0.6) is 0 Å². The molecule has 6 N–H and O–H groups in total. The average Bonchev–Trinajstić information content (AvgIpc) is 4.34. The maximum atomic E-state index is 14.5. The maximum absolute atomic E-state index is 14.5. The first kappa shape index (κ1) is 59.8. The lowest BCUT2D eigenvalue weighted by atomic mass is 9.81. The van der Waals surface area contributed by atoms with Gasteiger partial charge in [-0.3, -0.25) is 28.8 Å². The van der Waals surface area contributed by atoms with E-state index < -0.39 is 90.4 Å². The van der Waals surface area contributed by atoms with E-state index >= 15 is 0 Å². The van der Waals surface area contributed by atoms with Crippen LogP contribution in [0.1, 0.15) is 141 Å². The van der Waals surface area contributed by atoms with E-state index in [1.54, 1.807) is 31.4 Å². The van der Waals surface area contributed by atoms with Gasteiger partial charge in [0, 0.05) is 76.7 Å². The van der Waals surface area contributed by atoms with E-state index in [2.05, 4.69) is 25.4 Å². The van der Waals surface area contributed by atoms with Gasteiger partial charge in [-0.05, 0) is 86.5 Å². The molecule has 10 fully saturated rings. The van der Waals surface area contributed by atoms with Crippen LogP contribution in [0.25, 0.3) is 0 Å². The molecule has 12 bridgehead atoms. The van der Waals surface area contributed by atoms with E-state index in [9.17, 15) is 33.9 Å². The molecular weight excluding hydrogens is 1050 g/mol. The second-order valence-corrected chi connectivity index (χ2v) is 24.9. The summed E-state index contributed by atoms with van der Waals surface area (Å²) in [6, 6.07) is 4.84. The minimum absolute atomic E-state index is 0.0112. The monoisotopic (exact) mass is 1130 g/mol. The number of nitrogens with two attached hydrogens (primary N) is 2. The number of hydrogen-bond acceptors (Lipinski definition) is 18. The highest BCUT2D eigenvalue weighted by Crippen LogP contribution is 2.54. The molecule has 20 heteroatoms. The maximum Gasteiger partial charge on any atom is 0.306 e. The molecule has 11 rings (SSSR count). The largest absolute Gasteiger partial charge is 0.461 e. The van der Waals surface area contributed by atoms with E-state index in [0.717, 1.165) is 43.3 Å². The summed E-state index contributed by atoms with van der Waals surface area (Å²) in [7, 11) is 1.60. The predicted molar refractivity (Wildman–Crippen MR) is 290 cm³/mol. The van der Waals surface area contributed by atoms with E-state index in [-0.39, 0.29) is 136 Å². The lowest BCUT2D eigenvalue weighted by Crippen LogP contribution is -2.61. The fourth-order valence-electron chi connectivity index (χ4n) is 14.2. The molecule has 0 saturated carbocycles. The third-order valence-corrected chi connectivity index (χ3v) is 18.8. The zero-order valence-corrected chi connectivity index (χ0v) is 47.4. The number of primary amides is 1. The first-order chi connectivity index (χ1) is 38.7. The summed E-state index contributed by atoms with van der Waals surface area (Å²) in [5.74, 6) is -4.42. The summed E-state index contributed by atoms with van der Waals surface area (Å²) in [6.07, 6.45) is 1.44. The van der Waals surface area contributed by atoms with Gasteiger partial charge in [0.2, 0.25) is 11.8 Å². The van der Waals surface area contributed by atoms with Crippen molar-refractivity contribution in [3.05, 3.63) is 59.7 Å². The average molecular weight is 1130 g/mol. The van der Waals surface area contributed by atoms with Crippen molar-refractivity contribution in [2.75, 3.05) is 7.11 Å². The van der Waals surface area contributed by atoms with Gasteiger partial charge >= 0.3 is 5.97 Å². The SMILES string of the molecule is C=C1C[C@@H]2CC[C@@]34CC5O[C@H]6[C@@H](O3)[C@H]3OC(CC[C@@H]3O[C@H]6C5O4)CC(=O)C[C@@H]3[C@@H](OC)[C@@H](C[C@H](O)CCC(=O)OCc4ccc(CC(=O)[C@H](CC(N)=O)NC(=O)[C@H](C)CC(=O)[C@H](C)N)cc4)O[C@H]3CC3O[C@@H](CCC1O2)CC(C)C3=C. The molecule has 0 aliphatic carbocycles. The lowest BCUT2D eigenvalue weighted by molar-refractivity contribution is -0.292. The zero-order chi connectivity index (χ0) is 57.4. The number of ether oxygens (including phenoxy) is 10. The van der Waals surface area contributed by atoms with Gasteiger partial charge in [0.25, 0.3) is 0 Å². The van der Waals surface area contributed by atoms with Crippen LogP contribution in [-0.2, 0) is 89.2 Å². The smallest absolute Gasteiger partial charge is 0.306 e. The third-order valence-electron chi connectivity index (χ3n) is 18.8. The van der Waals surface area contributed by atoms with Crippen molar-refractivity contribution < 1.29 is 81.2 Å². The summed E-state index contributed by atoms with van der Waals surface area (Å²) in [5, 5.41) is 14.1. The number of esters is 1. The Hall–Kier alpha value is -4.32. The molecule has 10 aliphatic heterocycles. The highest BCUT2D eigenvalue weighted by molar-refractivity contribution is 5.95. The zero-order valence-electron chi connectivity index (χ0n) is 47.4. The van der Waals surface area contributed by atoms with Crippen LogP contribution in [0.3, 0.4) is 0 Å². The number of rotatable bonds is 18. The molecule has 1 spiro atoms. The second-order valence-electron chi connectivity index (χ2n) is 24.9. The number of amides is 2. The van der Waals surface area contributed by atoms with Crippen LogP contribution in [0.4, 0.5) is 0 Å². The topological polar surface area (TPSA) is 279 Å². The Labute approximate surface area is 474 Å². The van der Waals surface area contributed by atoms with Gasteiger partial charge in [0.15, 0.2) is 11.6 Å². The summed E-state index contributed by atoms with van der Waals surface area (Å²) < 4.78 is 66.3. The normalized spacial score (nSPS) is 38.7. The molecule has 446 valence electrons. The molecule has 1 aromatic rings. The van der Waals surface area contributed by atoms with Gasteiger partial charge < -0.3 is 69.3 Å². The Morgan fingerprint density at radius 3 is 2.23 bits per heavy atom. The Bertz CT molecular complexity index is 2510. The van der Waals surface area contributed by atoms with Crippen molar-refractivity contribution in [3.8, 4) is 0 Å². The summed E-state index contributed by atoms with van der Waals surface area (Å²) in [5.41, 5.74) is 14.3. The Balaban J connectivity index is 0.760. The van der Waals surface area contributed by atoms with E-state index in [1.807, 2.05) is 0 Å². The molecule has 1 aromatic carbocycles. The molecule has 2 amide bonds. The van der Waals surface area contributed by atoms with Crippen molar-refractivity contribution in [1.29, 1.82) is 0 Å². The Morgan fingerprint density at radius 1 is 0.778 bits per heavy atom. The second kappa shape index (κ2) is 25.5. The predicted octanol–water partition coefficient (Wildman–Crippen LogP) is 4.42. The third kappa shape index (κ3) is 13.8. The van der Waals surface area contributed by atoms with Crippen LogP contribution in [0.2, 0.25) is 0 Å². The molecule has 10 aliphatic rings. The molecule has 0 aromatic heterocycles. The van der Waals surface area contributed by atoms with Crippen LogP contribution in [0.15, 0.2) is 48.6 Å². The van der Waals surface area contributed by atoms with E-state index in [1.165, 1.54) is 13.8 Å². The number of benzene rings is 1. The number of ketones is 3. The molecule has 0 radical (unpaired) electrons. The van der Waals surface area contributed by atoms with Crippen molar-refractivity contribution in [1.82, 2.24) is 5.32 Å². The minimum Gasteiger partial charge on any atom is -0.461 e. The fourth-order valence-corrected chi connectivity index (χ4v) is 14.2. The molecule has 20 nitrogen and oxygen atoms in total. The van der Waals surface area contributed by atoms with Gasteiger partial charge in [0.1, 0.15) is 48.7 Å². The molecule has 10 saturated heterocycles. The number of aliphatic hydroxyl groups is 1. The van der Waals surface area contributed by atoms with E-state index in [4.69, 9.17) is 58.8 Å². The summed E-state index contributed by atoms with van der Waals surface area (Å²) >= 11 is 0. The number of methoxy groups -OCH3 is 1. The number of carbonyl (C=O) groups excluding carboxylic acids is 6. The van der Waals surface area contributed by atoms with Crippen molar-refractivity contribution in [2.45, 2.75) is 258 Å². The summed E-state index contributed by atoms with van der Waals surface area (Å²) in [4.78, 5) is 77.6. The fraction of sp³-hybridized carbons (Fsp3) is 0.738. The number of hydrogen-bond donors (Lipinski definition) is 4. The highest BCUT2D eigenvalue weighted by Gasteiger charge is 2.69. The first-order valence-electron chi connectivity index (χ1n) is 29.7. The highest BCUT2D eigenvalue weighted by atomic mass is 16.8. The van der Waals surface area contributed by atoms with Crippen molar-refractivity contribution in [2.24, 2.45) is 29.2 Å². The quantitative estimate of drug-likeness (QED) is 0.117. The number of Topliss-reactive ketones (excluding diaryl/α,β-unsaturated/α-hetero) is 3. The molecule has 6 unspecified atom stereocenters. The summed E-state index contributed by atoms with van der Waals surface area (Å²) in [6.45, 7) is 14.1. The Morgan fingerprint density at radius 2 is 1.48 bits per heavy atom. The number of fused-ring (bicyclic) bond motifs is 6. The van der Waals surface area contributed by atoms with Crippen molar-refractivity contribution >= 4 is 35.1 Å². The standard InChI is InChI=1S/C61H85N3O17/c1-30-19-39-12-14-46-31(2)20-41(74-46)17-18-61-28-51-56(80-61)57-58(79-51)59(81-61)55-47(78-57)15-13-40(76-55)23-38(66)24-42-49(27-48(75-39)33(30)4)77-50(54(42)72-6)25-37(65)11-16-53(70)73-29-36-9-7-35(8-10-36)22-45(68)43(26-52(63)69)64-60(71)32(3)21-44(67)34(5)62/h7-10,30,32,34,37,39-43,46-51,54-59,65H,2,4,11-29,62H2,1,3,5-6H3,(H2,63,69)(H,64,71)/t30?,32-,34+,37-,39+,40?,41+,42+,43+,46?,47+,48?,49+,50-,51?,54-,55+,56?,57+,58-,59+,61+/m1/s1. The number of nitrogens with one attached hydrogen (secondary N) is 1. The van der Waals surface area contributed by atoms with Gasteiger partial charge in [0.05, 0.1) is 85.6 Å². The van der Waals surface area contributed by atoms with Crippen LogP contribution in [0, 0.1) is 17.8 Å². The first-order valence-corrected chi connectivity index (χ1v) is 29.7. The van der Waals surface area contributed by atoms with Crippen molar-refractivity contribution in [3.63, 3.8) is 0 Å². The lowest BCUT2D eigenvalue weighted by Gasteiger charge is -2.47. The van der Waals surface area contributed by atoms with Crippen LogP contribution in [-0.4, -0.2) is 163 Å². The van der Waals surface area contributed by atoms with Gasteiger partial charge in [-0.2, -0.15) is 0 Å². The minimum atomic E-state index is -1.19. The van der Waals surface area contributed by atoms with Gasteiger partial charge in [-0.1, -0.05) is 51.3 Å². The Kier molecular flexibility index (Phi) is 18.8. The molecular formula is C61H85N3O17. The molecule has 81 heavy (non-hydrogen) atoms. The van der Waals surface area contributed by atoms with E-state index in [0.29, 0.717) is 43.2 Å². The van der Waals surface area contributed by atoms with Gasteiger partial charge in [-0.15, -0.1) is 0 Å². The van der Waals surface area contributed by atoms with Crippen LogP contribution >= 0.6 is 0 Å². The van der Waals surface area contributed by atoms with Gasteiger partial charge in [-0.25, -0.2) is 0 Å². The molecule has 10 heterocycles. The van der Waals surface area contributed by atoms with Crippen LogP contribution < -0.4 is 16.8 Å². The number of carbonyl (C=O) groups is 6.